The first-order chi connectivity index (χ1) is 7.27. The molecule has 1 aromatic rings. The molecule has 0 aromatic heterocycles. The Morgan fingerprint density at radius 3 is 2.38 bits per heavy atom. The van der Waals surface area contributed by atoms with Crippen LogP contribution in [0.5, 0.6) is 0 Å². The van der Waals surface area contributed by atoms with Gasteiger partial charge in [0, 0.05) is 21.3 Å². The summed E-state index contributed by atoms with van der Waals surface area (Å²) in [7, 11) is -2.10. The summed E-state index contributed by atoms with van der Waals surface area (Å²) in [6.45, 7) is 3.43. The van der Waals surface area contributed by atoms with Gasteiger partial charge in [-0.3, -0.25) is 0 Å². The Hall–Kier alpha value is -0.590. The molecule has 0 saturated carbocycles. The molecule has 0 N–H and O–H groups in total. The fourth-order valence-corrected chi connectivity index (χ4v) is 4.95. The average Bonchev–Trinajstić information content (AvgIpc) is 2.15. The Balaban J connectivity index is 3.50. The van der Waals surface area contributed by atoms with E-state index >= 15 is 0 Å². The predicted molar refractivity (Wildman–Crippen MR) is 65.3 cm³/mol. The second kappa shape index (κ2) is 4.73. The Morgan fingerprint density at radius 2 is 1.94 bits per heavy atom. The van der Waals surface area contributed by atoms with Gasteiger partial charge in [0.05, 0.1) is 9.73 Å². The molecule has 16 heavy (non-hydrogen) atoms. The molecule has 0 aliphatic carbocycles. The molecular formula is C9H12ClNO3S2. The van der Waals surface area contributed by atoms with E-state index in [1.54, 1.807) is 25.1 Å². The maximum atomic E-state index is 12.3. The SMILES string of the molecule is CCS(=O)(=NS(=O)(=O)Cl)c1cccc(C)c1. The average molecular weight is 282 g/mol. The molecule has 0 radical (unpaired) electrons. The summed E-state index contributed by atoms with van der Waals surface area (Å²) >= 11 is 0. The standard InChI is InChI=1S/C9H12ClNO3S2/c1-3-15(12,11-16(10,13)14)9-6-4-5-8(2)7-9/h4-7H,3H2,1-2H3. The van der Waals surface area contributed by atoms with Crippen molar-refractivity contribution in [1.82, 2.24) is 0 Å². The first-order valence-corrected chi connectivity index (χ1v) is 8.49. The zero-order valence-electron chi connectivity index (χ0n) is 8.88. The topological polar surface area (TPSA) is 63.6 Å². The second-order valence-corrected chi connectivity index (χ2v) is 8.15. The minimum Gasteiger partial charge on any atom is -0.244 e. The van der Waals surface area contributed by atoms with Gasteiger partial charge >= 0.3 is 9.24 Å². The second-order valence-electron chi connectivity index (χ2n) is 3.23. The molecule has 90 valence electrons. The van der Waals surface area contributed by atoms with Gasteiger partial charge in [-0.25, -0.2) is 4.21 Å². The van der Waals surface area contributed by atoms with Crippen molar-refractivity contribution in [2.45, 2.75) is 18.7 Å². The highest BCUT2D eigenvalue weighted by molar-refractivity contribution is 8.17. The van der Waals surface area contributed by atoms with Crippen molar-refractivity contribution in [3.8, 4) is 0 Å². The van der Waals surface area contributed by atoms with Gasteiger partial charge in [-0.2, -0.15) is 8.42 Å². The molecule has 1 aromatic carbocycles. The van der Waals surface area contributed by atoms with Crippen LogP contribution in [0.4, 0.5) is 0 Å². The maximum Gasteiger partial charge on any atom is 0.347 e. The summed E-state index contributed by atoms with van der Waals surface area (Å²) in [4.78, 5) is 0.388. The number of hydrogen-bond acceptors (Lipinski definition) is 3. The molecule has 0 spiro atoms. The molecule has 7 heteroatoms. The molecule has 0 saturated heterocycles. The monoisotopic (exact) mass is 281 g/mol. The summed E-state index contributed by atoms with van der Waals surface area (Å²) < 4.78 is 37.3. The van der Waals surface area contributed by atoms with E-state index in [0.29, 0.717) is 4.90 Å². The zero-order valence-corrected chi connectivity index (χ0v) is 11.3. The van der Waals surface area contributed by atoms with E-state index in [1.165, 1.54) is 0 Å². The third-order valence-electron chi connectivity index (χ3n) is 1.96. The van der Waals surface area contributed by atoms with E-state index in [9.17, 15) is 12.6 Å². The molecule has 0 bridgehead atoms. The van der Waals surface area contributed by atoms with E-state index in [2.05, 4.69) is 3.77 Å². The van der Waals surface area contributed by atoms with E-state index in [0.717, 1.165) is 5.56 Å². The van der Waals surface area contributed by atoms with Gasteiger partial charge in [-0.05, 0) is 24.6 Å². The highest BCUT2D eigenvalue weighted by atomic mass is 35.7. The lowest BCUT2D eigenvalue weighted by atomic mass is 10.2. The summed E-state index contributed by atoms with van der Waals surface area (Å²) in [6.07, 6.45) is 0. The summed E-state index contributed by atoms with van der Waals surface area (Å²) in [6, 6.07) is 6.77. The van der Waals surface area contributed by atoms with Crippen LogP contribution in [0.2, 0.25) is 0 Å². The number of halogens is 1. The third kappa shape index (κ3) is 3.47. The van der Waals surface area contributed by atoms with Gasteiger partial charge in [-0.15, -0.1) is 0 Å². The van der Waals surface area contributed by atoms with E-state index in [-0.39, 0.29) is 5.75 Å². The Bertz CT molecular complexity index is 601. The van der Waals surface area contributed by atoms with Gasteiger partial charge in [0.25, 0.3) is 0 Å². The molecule has 1 atom stereocenters. The minimum atomic E-state index is -4.13. The van der Waals surface area contributed by atoms with Crippen LogP contribution in [0.15, 0.2) is 32.9 Å². The highest BCUT2D eigenvalue weighted by Gasteiger charge is 2.15. The molecular weight excluding hydrogens is 270 g/mol. The fraction of sp³-hybridized carbons (Fsp3) is 0.333. The number of nitrogens with zero attached hydrogens (tertiary/aromatic N) is 1. The van der Waals surface area contributed by atoms with Crippen LogP contribution < -0.4 is 0 Å². The molecule has 0 fully saturated rings. The van der Waals surface area contributed by atoms with E-state index in [1.807, 2.05) is 13.0 Å². The lowest BCUT2D eigenvalue weighted by Gasteiger charge is -2.06. The lowest BCUT2D eigenvalue weighted by Crippen LogP contribution is -2.06. The summed E-state index contributed by atoms with van der Waals surface area (Å²) in [5, 5.41) is 0. The maximum absolute atomic E-state index is 12.3. The van der Waals surface area contributed by atoms with E-state index in [4.69, 9.17) is 10.7 Å². The molecule has 0 aliphatic heterocycles. The minimum absolute atomic E-state index is 0.0996. The highest BCUT2D eigenvalue weighted by Crippen LogP contribution is 2.18. The van der Waals surface area contributed by atoms with Crippen molar-refractivity contribution in [3.63, 3.8) is 0 Å². The molecule has 0 aliphatic rings. The Labute approximate surface area is 100 Å². The van der Waals surface area contributed by atoms with Crippen LogP contribution in [0, 0.1) is 6.92 Å². The van der Waals surface area contributed by atoms with Crippen molar-refractivity contribution in [2.75, 3.05) is 5.75 Å². The lowest BCUT2D eigenvalue weighted by molar-refractivity contribution is 0.611. The fourth-order valence-electron chi connectivity index (χ4n) is 1.22. The number of rotatable bonds is 3. The van der Waals surface area contributed by atoms with E-state index < -0.39 is 19.0 Å². The Morgan fingerprint density at radius 1 is 1.31 bits per heavy atom. The summed E-state index contributed by atoms with van der Waals surface area (Å²) in [5.41, 5.74) is 0.890. The van der Waals surface area contributed by atoms with Crippen LogP contribution in [0.3, 0.4) is 0 Å². The van der Waals surface area contributed by atoms with Crippen molar-refractivity contribution in [1.29, 1.82) is 0 Å². The van der Waals surface area contributed by atoms with Gasteiger partial charge in [0.1, 0.15) is 0 Å². The molecule has 1 rings (SSSR count). The molecule has 0 heterocycles. The number of aryl methyl sites for hydroxylation is 1. The van der Waals surface area contributed by atoms with Crippen LogP contribution in [0.25, 0.3) is 0 Å². The summed E-state index contributed by atoms with van der Waals surface area (Å²) in [5.74, 6) is 0.0996. The molecule has 4 nitrogen and oxygen atoms in total. The van der Waals surface area contributed by atoms with Crippen LogP contribution in [-0.2, 0) is 19.0 Å². The quantitative estimate of drug-likeness (QED) is 0.799. The van der Waals surface area contributed by atoms with Crippen molar-refractivity contribution in [2.24, 2.45) is 3.77 Å². The van der Waals surface area contributed by atoms with Gasteiger partial charge in [0.2, 0.25) is 0 Å². The Kier molecular flexibility index (Phi) is 3.98. The normalized spacial score (nSPS) is 15.4. The van der Waals surface area contributed by atoms with Gasteiger partial charge in [-0.1, -0.05) is 22.8 Å². The van der Waals surface area contributed by atoms with Crippen molar-refractivity contribution < 1.29 is 12.6 Å². The predicted octanol–water partition coefficient (Wildman–Crippen LogP) is 2.33. The van der Waals surface area contributed by atoms with Crippen LogP contribution >= 0.6 is 10.7 Å². The first-order valence-electron chi connectivity index (χ1n) is 4.54. The van der Waals surface area contributed by atoms with Crippen molar-refractivity contribution >= 4 is 29.6 Å². The smallest absolute Gasteiger partial charge is 0.244 e. The number of benzene rings is 1. The molecule has 0 amide bonds. The first kappa shape index (κ1) is 13.5. The van der Waals surface area contributed by atoms with Gasteiger partial charge in [0.15, 0.2) is 0 Å². The van der Waals surface area contributed by atoms with Crippen molar-refractivity contribution in [3.05, 3.63) is 29.8 Å². The number of hydrogen-bond donors (Lipinski definition) is 0. The van der Waals surface area contributed by atoms with Crippen LogP contribution in [0.1, 0.15) is 12.5 Å². The van der Waals surface area contributed by atoms with Gasteiger partial charge < -0.3 is 0 Å². The zero-order chi connectivity index (χ0) is 12.4. The van der Waals surface area contributed by atoms with Crippen LogP contribution in [-0.4, -0.2) is 18.4 Å². The largest absolute Gasteiger partial charge is 0.347 e. The molecule has 1 unspecified atom stereocenters. The third-order valence-corrected chi connectivity index (χ3v) is 5.91.